The van der Waals surface area contributed by atoms with Gasteiger partial charge in [0.05, 0.1) is 0 Å². The van der Waals surface area contributed by atoms with E-state index < -0.39 is 0 Å². The Morgan fingerprint density at radius 1 is 0.168 bits per heavy atom. The Hall–Kier alpha value is -2.34. The van der Waals surface area contributed by atoms with E-state index in [1.54, 1.807) is 5.56 Å². The minimum absolute atomic E-state index is 0.00297. The molecule has 4 atom stereocenters. The molecule has 0 aliphatic carbocycles. The van der Waals surface area contributed by atoms with Gasteiger partial charge in [0.2, 0.25) is 0 Å². The van der Waals surface area contributed by atoms with Gasteiger partial charge in [0.15, 0.2) is 0 Å². The summed E-state index contributed by atoms with van der Waals surface area (Å²) in [5.74, 6) is 1.18. The van der Waals surface area contributed by atoms with Crippen LogP contribution in [0.1, 0.15) is 633 Å². The van der Waals surface area contributed by atoms with Crippen molar-refractivity contribution in [1.82, 2.24) is 0 Å². The molecule has 0 aromatic heterocycles. The maximum atomic E-state index is 2.86. The van der Waals surface area contributed by atoms with Crippen LogP contribution in [0.15, 0.2) is 84.9 Å². The van der Waals surface area contributed by atoms with E-state index in [9.17, 15) is 0 Å². The van der Waals surface area contributed by atoms with E-state index in [1.165, 1.54) is 376 Å². The SMILES string of the molecule is CCCC(CC)CC(CC)(CC(CC)(CC)CC)CC(CC(CC)(CC)CC)(CC(CC(CC)c1ccccc1)(CC(CC(CC)(CC)CC)(CC(CC)(CC)CC)CC(CC)(CC)CC)CC(CC(CC)(CC)CC)(CC(CC)(CC)CC)CC(CC)(CC)CC)CC(CC(CC)(CC)CC)(CC(CC)(CC)CC)CC(CC)(CC)CC.Cc1ccc(-c2ccccc2)cc1. The third kappa shape index (κ3) is 33.1. The average molecular weight is 1820 g/mol. The third-order valence-electron chi connectivity index (χ3n) is 44.1. The van der Waals surface area contributed by atoms with Crippen molar-refractivity contribution >= 4 is 0 Å². The van der Waals surface area contributed by atoms with Crippen LogP contribution >= 0.6 is 0 Å². The zero-order chi connectivity index (χ0) is 99.5. The highest BCUT2D eigenvalue weighted by Gasteiger charge is 2.62. The lowest BCUT2D eigenvalue weighted by Crippen LogP contribution is -2.52. The summed E-state index contributed by atoms with van der Waals surface area (Å²) in [6.07, 6.45) is 74.2. The summed E-state index contributed by atoms with van der Waals surface area (Å²) >= 11 is 0. The fraction of sp³-hybridized carbons (Fsp3) is 0.863. The topological polar surface area (TPSA) is 0 Å². The summed E-state index contributed by atoms with van der Waals surface area (Å²) in [4.78, 5) is 0. The van der Waals surface area contributed by atoms with Gasteiger partial charge in [0.25, 0.3) is 0 Å². The number of rotatable bonds is 76. The van der Waals surface area contributed by atoms with Crippen LogP contribution in [0.2, 0.25) is 0 Å². The summed E-state index contributed by atoms with van der Waals surface area (Å²) < 4.78 is 0. The molecule has 0 radical (unpaired) electrons. The fourth-order valence-corrected chi connectivity index (χ4v) is 32.2. The zero-order valence-electron chi connectivity index (χ0n) is 97.3. The van der Waals surface area contributed by atoms with Gasteiger partial charge >= 0.3 is 0 Å². The first kappa shape index (κ1) is 125. The van der Waals surface area contributed by atoms with Crippen LogP contribution in [-0.2, 0) is 0 Å². The molecule has 0 spiro atoms. The smallest absolute Gasteiger partial charge is 0.0159 e. The number of benzene rings is 3. The molecule has 0 N–H and O–H groups in total. The van der Waals surface area contributed by atoms with Crippen molar-refractivity contribution in [2.75, 3.05) is 0 Å². The van der Waals surface area contributed by atoms with Gasteiger partial charge in [-0.2, -0.15) is 0 Å². The Morgan fingerprint density at radius 2 is 0.344 bits per heavy atom. The molecular formula is C131H242. The van der Waals surface area contributed by atoms with Gasteiger partial charge in [-0.1, -0.05) is 584 Å². The molecule has 0 heteroatoms. The number of hydrogen-bond donors (Lipinski definition) is 0. The van der Waals surface area contributed by atoms with E-state index >= 15 is 0 Å². The van der Waals surface area contributed by atoms with Gasteiger partial charge < -0.3 is 0 Å². The van der Waals surface area contributed by atoms with Crippen molar-refractivity contribution in [1.29, 1.82) is 0 Å². The summed E-state index contributed by atoms with van der Waals surface area (Å²) in [6, 6.07) is 31.9. The molecule has 0 amide bonds. The molecule has 0 heterocycles. The predicted molar refractivity (Wildman–Crippen MR) is 599 cm³/mol. The second-order valence-corrected chi connectivity index (χ2v) is 48.6. The zero-order valence-corrected chi connectivity index (χ0v) is 97.3. The first-order valence-corrected chi connectivity index (χ1v) is 59.4. The molecular weight excluding hydrogens is 1570 g/mol. The largest absolute Gasteiger partial charge is 0.0654 e. The van der Waals surface area contributed by atoms with Crippen LogP contribution in [0.4, 0.5) is 0 Å². The van der Waals surface area contributed by atoms with Crippen molar-refractivity contribution in [2.24, 2.45) is 98.0 Å². The highest BCUT2D eigenvalue weighted by Crippen LogP contribution is 2.74. The first-order chi connectivity index (χ1) is 62.3. The molecule has 3 rings (SSSR count). The molecule has 131 heavy (non-hydrogen) atoms. The van der Waals surface area contributed by atoms with Gasteiger partial charge in [-0.3, -0.25) is 0 Å². The predicted octanol–water partition coefficient (Wildman–Crippen LogP) is 46.4. The van der Waals surface area contributed by atoms with Crippen molar-refractivity contribution in [3.63, 3.8) is 0 Å². The lowest BCUT2D eigenvalue weighted by molar-refractivity contribution is -0.122. The molecule has 0 fully saturated rings. The number of aryl methyl sites for hydroxylation is 1. The van der Waals surface area contributed by atoms with Gasteiger partial charge in [-0.25, -0.2) is 0 Å². The molecule has 0 aliphatic rings. The first-order valence-electron chi connectivity index (χ1n) is 59.4. The highest BCUT2D eigenvalue weighted by molar-refractivity contribution is 5.63. The molecule has 0 saturated heterocycles. The summed E-state index contributed by atoms with van der Waals surface area (Å²) in [7, 11) is 0. The molecule has 0 aliphatic heterocycles. The van der Waals surface area contributed by atoms with Crippen LogP contribution in [0, 0.1) is 105 Å². The molecule has 0 saturated carbocycles. The standard InChI is InChI=1S/C118H230.C13H12/c1-38-78-99(39-2)81-113(74-37,83-102(41-4,42-5)43-6)94-118(93-112(71-34,72-35)73-36,98-117(90-109(62-25,63-26)64-27,91-110(65-28,66-29)67-30)92-111(68-31,69-32)70-33)97-114(82-100(40-3)101-79-76-75-77-80-101,95-115(84-103(44-7,45-8)46-9,85-104(47-10,48-11)49-12)86-105(50-13,51-14)52-15)96-116(87-106(53-16,54-17)55-18,88-107(56-19,57-20)58-21)89-108(59-22,60-23)61-24;1-11-7-9-13(10-8-11)12-5-3-2-4-6-12/h75-77,79-80,99-100H,38-74,78,81-98H2,1-37H3;2-10H,1H3. The second kappa shape index (κ2) is 58.2. The number of hydrogen-bond acceptors (Lipinski definition) is 0. The van der Waals surface area contributed by atoms with Crippen molar-refractivity contribution in [3.05, 3.63) is 96.1 Å². The Kier molecular flexibility index (Phi) is 55.4. The Morgan fingerprint density at radius 3 is 0.534 bits per heavy atom. The van der Waals surface area contributed by atoms with E-state index in [1.807, 2.05) is 6.07 Å². The normalized spacial score (nSPS) is 15.2. The molecule has 0 nitrogen and oxygen atoms in total. The minimum Gasteiger partial charge on any atom is -0.0654 e. The average Bonchev–Trinajstić information content (AvgIpc) is 0.721. The van der Waals surface area contributed by atoms with Crippen LogP contribution in [-0.4, -0.2) is 0 Å². The summed E-state index contributed by atoms with van der Waals surface area (Å²) in [6.45, 7) is 103. The lowest BCUT2D eigenvalue weighted by atomic mass is 9.42. The van der Waals surface area contributed by atoms with E-state index in [4.69, 9.17) is 0 Å². The third-order valence-corrected chi connectivity index (χ3v) is 44.1. The maximum Gasteiger partial charge on any atom is -0.0159 e. The van der Waals surface area contributed by atoms with Gasteiger partial charge in [0.1, 0.15) is 0 Å². The monoisotopic (exact) mass is 1820 g/mol. The van der Waals surface area contributed by atoms with Crippen LogP contribution in [0.25, 0.3) is 11.1 Å². The van der Waals surface area contributed by atoms with E-state index in [0.717, 1.165) is 5.92 Å². The molecule has 4 unspecified atom stereocenters. The molecule has 3 aromatic rings. The van der Waals surface area contributed by atoms with Crippen molar-refractivity contribution < 1.29 is 0 Å². The van der Waals surface area contributed by atoms with Crippen LogP contribution in [0.5, 0.6) is 0 Å². The van der Waals surface area contributed by atoms with E-state index in [-0.39, 0.29) is 86.6 Å². The Labute approximate surface area is 828 Å². The van der Waals surface area contributed by atoms with Crippen molar-refractivity contribution in [2.45, 2.75) is 629 Å². The summed E-state index contributed by atoms with van der Waals surface area (Å²) in [5, 5.41) is 0. The van der Waals surface area contributed by atoms with E-state index in [2.05, 4.69) is 342 Å². The van der Waals surface area contributed by atoms with E-state index in [0.29, 0.717) is 11.3 Å². The van der Waals surface area contributed by atoms with Gasteiger partial charge in [0, 0.05) is 0 Å². The minimum atomic E-state index is -0.0501. The second-order valence-electron chi connectivity index (χ2n) is 48.6. The quantitative estimate of drug-likeness (QED) is 0.0528. The maximum absolute atomic E-state index is 2.86. The van der Waals surface area contributed by atoms with Crippen molar-refractivity contribution in [3.8, 4) is 11.1 Å². The Balaban J connectivity index is 0.00000405. The van der Waals surface area contributed by atoms with Gasteiger partial charge in [-0.15, -0.1) is 0 Å². The molecule has 0 bridgehead atoms. The highest BCUT2D eigenvalue weighted by atomic mass is 14.7. The molecule has 766 valence electrons. The Bertz CT molecular complexity index is 2990. The fourth-order valence-electron chi connectivity index (χ4n) is 32.2. The van der Waals surface area contributed by atoms with Gasteiger partial charge in [-0.05, 0) is 250 Å². The lowest BCUT2D eigenvalue weighted by Gasteiger charge is -2.63. The molecule has 3 aromatic carbocycles. The van der Waals surface area contributed by atoms with Crippen LogP contribution in [0.3, 0.4) is 0 Å². The van der Waals surface area contributed by atoms with Crippen LogP contribution < -0.4 is 0 Å². The summed E-state index contributed by atoms with van der Waals surface area (Å²) in [5.41, 5.74) is 8.71.